The van der Waals surface area contributed by atoms with Crippen molar-refractivity contribution in [3.8, 4) is 11.4 Å². The van der Waals surface area contributed by atoms with Crippen molar-refractivity contribution in [3.63, 3.8) is 0 Å². The number of amides is 3. The molecule has 0 aliphatic carbocycles. The van der Waals surface area contributed by atoms with Crippen LogP contribution in [0.2, 0.25) is 5.02 Å². The Bertz CT molecular complexity index is 1160. The molecule has 3 aromatic rings. The van der Waals surface area contributed by atoms with Crippen LogP contribution in [0.5, 0.6) is 0 Å². The molecule has 0 saturated carbocycles. The van der Waals surface area contributed by atoms with E-state index >= 15 is 0 Å². The molecule has 1 aliphatic heterocycles. The van der Waals surface area contributed by atoms with Gasteiger partial charge in [-0.1, -0.05) is 28.9 Å². The maximum Gasteiger partial charge on any atom is 0.261 e. The summed E-state index contributed by atoms with van der Waals surface area (Å²) in [5.41, 5.74) is 1.78. The van der Waals surface area contributed by atoms with Crippen molar-refractivity contribution in [2.45, 2.75) is 19.3 Å². The molecular formula is C21H17ClN4O4. The number of anilines is 1. The number of hydrogen-bond donors (Lipinski definition) is 1. The van der Waals surface area contributed by atoms with E-state index in [2.05, 4.69) is 15.5 Å². The summed E-state index contributed by atoms with van der Waals surface area (Å²) in [7, 11) is 1.43. The standard InChI is InChI=1S/C21H17ClN4O4/c1-26-20(28)13-10-9-12(11-15(13)21(26)29)23-17(27)7-4-8-18-24-19(25-30-18)14-5-2-3-6-16(14)22/h2-3,5-6,9-11H,4,7-8H2,1H3,(H,23,27). The number of halogens is 1. The van der Waals surface area contributed by atoms with Gasteiger partial charge in [0.25, 0.3) is 11.8 Å². The number of nitrogens with one attached hydrogen (secondary N) is 1. The highest BCUT2D eigenvalue weighted by atomic mass is 35.5. The van der Waals surface area contributed by atoms with Gasteiger partial charge in [0, 0.05) is 31.1 Å². The Morgan fingerprint density at radius 2 is 1.87 bits per heavy atom. The average molecular weight is 425 g/mol. The van der Waals surface area contributed by atoms with Crippen LogP contribution >= 0.6 is 11.6 Å². The van der Waals surface area contributed by atoms with Crippen molar-refractivity contribution in [3.05, 3.63) is 64.5 Å². The van der Waals surface area contributed by atoms with Crippen molar-refractivity contribution < 1.29 is 18.9 Å². The summed E-state index contributed by atoms with van der Waals surface area (Å²) in [4.78, 5) is 41.6. The minimum Gasteiger partial charge on any atom is -0.339 e. The number of fused-ring (bicyclic) bond motifs is 1. The molecule has 30 heavy (non-hydrogen) atoms. The summed E-state index contributed by atoms with van der Waals surface area (Å²) in [6, 6.07) is 11.9. The summed E-state index contributed by atoms with van der Waals surface area (Å²) >= 11 is 6.13. The SMILES string of the molecule is CN1C(=O)c2ccc(NC(=O)CCCc3nc(-c4ccccc4Cl)no3)cc2C1=O. The Morgan fingerprint density at radius 1 is 1.10 bits per heavy atom. The molecular weight excluding hydrogens is 408 g/mol. The lowest BCUT2D eigenvalue weighted by Crippen LogP contribution is -2.24. The van der Waals surface area contributed by atoms with Crippen LogP contribution in [-0.4, -0.2) is 39.8 Å². The first kappa shape index (κ1) is 19.8. The zero-order valence-electron chi connectivity index (χ0n) is 16.0. The third-order valence-electron chi connectivity index (χ3n) is 4.75. The van der Waals surface area contributed by atoms with Gasteiger partial charge in [0.15, 0.2) is 0 Å². The van der Waals surface area contributed by atoms with E-state index in [1.165, 1.54) is 13.1 Å². The molecule has 2 aromatic carbocycles. The van der Waals surface area contributed by atoms with Crippen LogP contribution in [0.3, 0.4) is 0 Å². The molecule has 1 aromatic heterocycles. The Morgan fingerprint density at radius 3 is 2.67 bits per heavy atom. The van der Waals surface area contributed by atoms with Crippen LogP contribution < -0.4 is 5.32 Å². The van der Waals surface area contributed by atoms with Gasteiger partial charge >= 0.3 is 0 Å². The Balaban J connectivity index is 1.32. The van der Waals surface area contributed by atoms with Gasteiger partial charge in [0.05, 0.1) is 16.1 Å². The molecule has 0 fully saturated rings. The quantitative estimate of drug-likeness (QED) is 0.606. The molecule has 9 heteroatoms. The van der Waals surface area contributed by atoms with Crippen molar-refractivity contribution in [2.75, 3.05) is 12.4 Å². The predicted octanol–water partition coefficient (Wildman–Crippen LogP) is 3.58. The second kappa shape index (κ2) is 8.08. The highest BCUT2D eigenvalue weighted by molar-refractivity contribution is 6.33. The summed E-state index contributed by atoms with van der Waals surface area (Å²) in [5.74, 6) is -0.115. The van der Waals surface area contributed by atoms with E-state index < -0.39 is 0 Å². The van der Waals surface area contributed by atoms with Crippen LogP contribution in [-0.2, 0) is 11.2 Å². The van der Waals surface area contributed by atoms with Gasteiger partial charge in [-0.15, -0.1) is 0 Å². The van der Waals surface area contributed by atoms with Gasteiger partial charge in [0.2, 0.25) is 17.6 Å². The van der Waals surface area contributed by atoms with Gasteiger partial charge in [-0.3, -0.25) is 19.3 Å². The van der Waals surface area contributed by atoms with Gasteiger partial charge < -0.3 is 9.84 Å². The van der Waals surface area contributed by atoms with E-state index in [-0.39, 0.29) is 24.1 Å². The second-order valence-electron chi connectivity index (χ2n) is 6.82. The van der Waals surface area contributed by atoms with Crippen LogP contribution in [0.1, 0.15) is 39.4 Å². The number of carbonyl (C=O) groups excluding carboxylic acids is 3. The van der Waals surface area contributed by atoms with Gasteiger partial charge in [-0.2, -0.15) is 4.98 Å². The first-order valence-electron chi connectivity index (χ1n) is 9.28. The largest absolute Gasteiger partial charge is 0.339 e. The number of hydrogen-bond acceptors (Lipinski definition) is 6. The zero-order valence-corrected chi connectivity index (χ0v) is 16.8. The van der Waals surface area contributed by atoms with Gasteiger partial charge in [0.1, 0.15) is 0 Å². The molecule has 1 N–H and O–H groups in total. The highest BCUT2D eigenvalue weighted by Gasteiger charge is 2.32. The number of imide groups is 1. The van der Waals surface area contributed by atoms with Crippen LogP contribution in [0.15, 0.2) is 47.0 Å². The number of aromatic nitrogens is 2. The van der Waals surface area contributed by atoms with Crippen molar-refractivity contribution in [1.29, 1.82) is 0 Å². The van der Waals surface area contributed by atoms with E-state index in [9.17, 15) is 14.4 Å². The van der Waals surface area contributed by atoms with Crippen molar-refractivity contribution >= 4 is 35.0 Å². The predicted molar refractivity (Wildman–Crippen MR) is 109 cm³/mol. The Labute approximate surface area is 176 Å². The summed E-state index contributed by atoms with van der Waals surface area (Å²) < 4.78 is 5.23. The summed E-state index contributed by atoms with van der Waals surface area (Å²) in [6.07, 6.45) is 1.17. The molecule has 0 spiro atoms. The molecule has 0 bridgehead atoms. The molecule has 1 aliphatic rings. The molecule has 152 valence electrons. The van der Waals surface area contributed by atoms with Gasteiger partial charge in [-0.25, -0.2) is 0 Å². The number of benzene rings is 2. The van der Waals surface area contributed by atoms with E-state index in [0.29, 0.717) is 52.0 Å². The number of carbonyl (C=O) groups is 3. The third kappa shape index (κ3) is 3.81. The van der Waals surface area contributed by atoms with Crippen molar-refractivity contribution in [2.24, 2.45) is 0 Å². The number of aryl methyl sites for hydroxylation is 1. The first-order valence-corrected chi connectivity index (χ1v) is 9.65. The Kier molecular flexibility index (Phi) is 5.33. The highest BCUT2D eigenvalue weighted by Crippen LogP contribution is 2.26. The number of nitrogens with zero attached hydrogens (tertiary/aromatic N) is 3. The molecule has 3 amide bonds. The molecule has 0 unspecified atom stereocenters. The molecule has 0 atom stereocenters. The first-order chi connectivity index (χ1) is 14.4. The van der Waals surface area contributed by atoms with Crippen LogP contribution in [0.4, 0.5) is 5.69 Å². The zero-order chi connectivity index (χ0) is 21.3. The lowest BCUT2D eigenvalue weighted by atomic mass is 10.1. The average Bonchev–Trinajstić information content (AvgIpc) is 3.28. The molecule has 0 saturated heterocycles. The molecule has 4 rings (SSSR count). The fourth-order valence-electron chi connectivity index (χ4n) is 3.17. The van der Waals surface area contributed by atoms with Crippen LogP contribution in [0, 0.1) is 0 Å². The smallest absolute Gasteiger partial charge is 0.261 e. The van der Waals surface area contributed by atoms with Crippen LogP contribution in [0.25, 0.3) is 11.4 Å². The fraction of sp³-hybridized carbons (Fsp3) is 0.190. The molecule has 2 heterocycles. The topological polar surface area (TPSA) is 105 Å². The van der Waals surface area contributed by atoms with E-state index in [1.807, 2.05) is 12.1 Å². The normalized spacial score (nSPS) is 12.9. The third-order valence-corrected chi connectivity index (χ3v) is 5.08. The van der Waals surface area contributed by atoms with E-state index in [0.717, 1.165) is 4.90 Å². The summed E-state index contributed by atoms with van der Waals surface area (Å²) in [5, 5.41) is 7.20. The second-order valence-corrected chi connectivity index (χ2v) is 7.23. The van der Waals surface area contributed by atoms with Crippen molar-refractivity contribution in [1.82, 2.24) is 15.0 Å². The molecule has 8 nitrogen and oxygen atoms in total. The monoisotopic (exact) mass is 424 g/mol. The maximum absolute atomic E-state index is 12.2. The van der Waals surface area contributed by atoms with E-state index in [4.69, 9.17) is 16.1 Å². The van der Waals surface area contributed by atoms with Gasteiger partial charge in [-0.05, 0) is 36.8 Å². The summed E-state index contributed by atoms with van der Waals surface area (Å²) in [6.45, 7) is 0. The lowest BCUT2D eigenvalue weighted by molar-refractivity contribution is -0.116. The lowest BCUT2D eigenvalue weighted by Gasteiger charge is -2.05. The Hall–Kier alpha value is -3.52. The molecule has 0 radical (unpaired) electrons. The minimum atomic E-state index is -0.378. The number of rotatable bonds is 6. The minimum absolute atomic E-state index is 0.217. The fourth-order valence-corrected chi connectivity index (χ4v) is 3.39. The van der Waals surface area contributed by atoms with E-state index in [1.54, 1.807) is 24.3 Å². The maximum atomic E-state index is 12.2.